The molecule has 0 aliphatic heterocycles. The van der Waals surface area contributed by atoms with Gasteiger partial charge < -0.3 is 15.6 Å². The summed E-state index contributed by atoms with van der Waals surface area (Å²) in [5, 5.41) is 9.12. The van der Waals surface area contributed by atoms with E-state index in [2.05, 4.69) is 4.74 Å². The second-order valence-electron chi connectivity index (χ2n) is 3.68. The van der Waals surface area contributed by atoms with E-state index in [-0.39, 0.29) is 18.5 Å². The molecule has 4 nitrogen and oxygen atoms in total. The number of aryl methyl sites for hydroxylation is 1. The molecule has 0 spiro atoms. The Morgan fingerprint density at radius 1 is 1.56 bits per heavy atom. The molecule has 0 aliphatic rings. The average molecular weight is 223 g/mol. The number of rotatable bonds is 4. The number of nitrogens with two attached hydrogens (primary N) is 1. The van der Waals surface area contributed by atoms with Crippen molar-refractivity contribution in [3.05, 3.63) is 34.9 Å². The Morgan fingerprint density at radius 3 is 2.69 bits per heavy atom. The highest BCUT2D eigenvalue weighted by Gasteiger charge is 2.13. The van der Waals surface area contributed by atoms with Crippen LogP contribution in [0.4, 0.5) is 0 Å². The fourth-order valence-electron chi connectivity index (χ4n) is 1.60. The molecule has 0 aliphatic carbocycles. The third-order valence-corrected chi connectivity index (χ3v) is 2.63. The number of benzene rings is 1. The number of methoxy groups -OCH3 is 1. The number of hydrogen-bond acceptors (Lipinski definition) is 4. The second kappa shape index (κ2) is 5.63. The van der Waals surface area contributed by atoms with Crippen LogP contribution in [-0.2, 0) is 4.74 Å². The molecule has 1 atom stereocenters. The normalized spacial score (nSPS) is 12.2. The van der Waals surface area contributed by atoms with Crippen LogP contribution in [0.5, 0.6) is 0 Å². The lowest BCUT2D eigenvalue weighted by Gasteiger charge is -2.13. The molecule has 88 valence electrons. The van der Waals surface area contributed by atoms with Crippen molar-refractivity contribution in [3.63, 3.8) is 0 Å². The van der Waals surface area contributed by atoms with Gasteiger partial charge in [0, 0.05) is 12.5 Å². The monoisotopic (exact) mass is 223 g/mol. The van der Waals surface area contributed by atoms with E-state index in [0.29, 0.717) is 12.1 Å². The van der Waals surface area contributed by atoms with Crippen LogP contribution in [0.1, 0.15) is 27.4 Å². The Hall–Kier alpha value is -1.39. The first-order chi connectivity index (χ1) is 7.63. The maximum Gasteiger partial charge on any atom is 0.338 e. The first-order valence-corrected chi connectivity index (χ1v) is 5.13. The van der Waals surface area contributed by atoms with Crippen molar-refractivity contribution in [2.75, 3.05) is 20.3 Å². The molecule has 0 radical (unpaired) electrons. The zero-order valence-electron chi connectivity index (χ0n) is 9.56. The van der Waals surface area contributed by atoms with Crippen LogP contribution in [0.2, 0.25) is 0 Å². The fourth-order valence-corrected chi connectivity index (χ4v) is 1.60. The van der Waals surface area contributed by atoms with Crippen molar-refractivity contribution in [1.82, 2.24) is 0 Å². The topological polar surface area (TPSA) is 72.5 Å². The molecular weight excluding hydrogens is 206 g/mol. The van der Waals surface area contributed by atoms with Gasteiger partial charge in [0.2, 0.25) is 0 Å². The number of aliphatic hydroxyl groups is 1. The van der Waals surface area contributed by atoms with Gasteiger partial charge in [-0.1, -0.05) is 12.1 Å². The number of carbonyl (C=O) groups excluding carboxylic acids is 1. The van der Waals surface area contributed by atoms with Gasteiger partial charge in [0.15, 0.2) is 0 Å². The molecule has 1 rings (SSSR count). The number of carbonyl (C=O) groups is 1. The lowest BCUT2D eigenvalue weighted by atomic mass is 9.96. The second-order valence-corrected chi connectivity index (χ2v) is 3.68. The fraction of sp³-hybridized carbons (Fsp3) is 0.417. The molecule has 0 saturated carbocycles. The third-order valence-electron chi connectivity index (χ3n) is 2.63. The van der Waals surface area contributed by atoms with Gasteiger partial charge >= 0.3 is 5.97 Å². The Bertz CT molecular complexity index is 373. The van der Waals surface area contributed by atoms with Gasteiger partial charge in [0.25, 0.3) is 0 Å². The van der Waals surface area contributed by atoms with E-state index in [1.54, 1.807) is 12.1 Å². The zero-order chi connectivity index (χ0) is 12.1. The summed E-state index contributed by atoms with van der Waals surface area (Å²) in [7, 11) is 1.35. The summed E-state index contributed by atoms with van der Waals surface area (Å²) in [6.07, 6.45) is 0. The van der Waals surface area contributed by atoms with Crippen LogP contribution < -0.4 is 5.73 Å². The van der Waals surface area contributed by atoms with E-state index in [1.165, 1.54) is 7.11 Å². The minimum Gasteiger partial charge on any atom is -0.465 e. The number of esters is 1. The average Bonchev–Trinajstić information content (AvgIpc) is 2.30. The maximum atomic E-state index is 11.4. The smallest absolute Gasteiger partial charge is 0.338 e. The minimum atomic E-state index is -0.350. The summed E-state index contributed by atoms with van der Waals surface area (Å²) in [4.78, 5) is 11.4. The van der Waals surface area contributed by atoms with Crippen LogP contribution in [0.15, 0.2) is 18.2 Å². The lowest BCUT2D eigenvalue weighted by molar-refractivity contribution is 0.0600. The number of ether oxygens (including phenoxy) is 1. The van der Waals surface area contributed by atoms with Crippen molar-refractivity contribution >= 4 is 5.97 Å². The highest BCUT2D eigenvalue weighted by atomic mass is 16.5. The Morgan fingerprint density at radius 2 is 2.25 bits per heavy atom. The predicted octanol–water partition coefficient (Wildman–Crippen LogP) is 0.816. The zero-order valence-corrected chi connectivity index (χ0v) is 9.56. The number of hydrogen-bond donors (Lipinski definition) is 2. The van der Waals surface area contributed by atoms with Crippen LogP contribution in [0, 0.1) is 6.92 Å². The van der Waals surface area contributed by atoms with Gasteiger partial charge in [-0.05, 0) is 24.1 Å². The van der Waals surface area contributed by atoms with Crippen molar-refractivity contribution in [3.8, 4) is 0 Å². The van der Waals surface area contributed by atoms with Gasteiger partial charge in [0.05, 0.1) is 19.3 Å². The van der Waals surface area contributed by atoms with E-state index in [1.807, 2.05) is 13.0 Å². The molecular formula is C12H17NO3. The van der Waals surface area contributed by atoms with E-state index in [4.69, 9.17) is 10.8 Å². The minimum absolute atomic E-state index is 0.00745. The summed E-state index contributed by atoms with van der Waals surface area (Å²) in [5.74, 6) is -0.428. The number of aliphatic hydroxyl groups excluding tert-OH is 1. The van der Waals surface area contributed by atoms with Gasteiger partial charge in [-0.25, -0.2) is 4.79 Å². The first-order valence-electron chi connectivity index (χ1n) is 5.13. The molecule has 0 fully saturated rings. The Labute approximate surface area is 95.0 Å². The molecule has 16 heavy (non-hydrogen) atoms. The molecule has 0 heterocycles. The van der Waals surface area contributed by atoms with E-state index >= 15 is 0 Å². The van der Waals surface area contributed by atoms with Gasteiger partial charge in [0.1, 0.15) is 0 Å². The third kappa shape index (κ3) is 2.59. The van der Waals surface area contributed by atoms with E-state index in [9.17, 15) is 4.79 Å². The summed E-state index contributed by atoms with van der Waals surface area (Å²) in [5.41, 5.74) is 7.85. The van der Waals surface area contributed by atoms with Crippen LogP contribution in [-0.4, -0.2) is 31.3 Å². The lowest BCUT2D eigenvalue weighted by Crippen LogP contribution is -2.16. The highest BCUT2D eigenvalue weighted by molar-refractivity contribution is 5.91. The molecule has 1 unspecified atom stereocenters. The van der Waals surface area contributed by atoms with Gasteiger partial charge in [-0.3, -0.25) is 0 Å². The first kappa shape index (κ1) is 12.7. The Balaban J connectivity index is 3.03. The summed E-state index contributed by atoms with van der Waals surface area (Å²) in [6.45, 7) is 2.22. The SMILES string of the molecule is COC(=O)c1ccc(C(CN)CO)cc1C. The van der Waals surface area contributed by atoms with Crippen molar-refractivity contribution in [2.24, 2.45) is 5.73 Å². The van der Waals surface area contributed by atoms with Crippen molar-refractivity contribution in [1.29, 1.82) is 0 Å². The molecule has 3 N–H and O–H groups in total. The van der Waals surface area contributed by atoms with Gasteiger partial charge in [-0.2, -0.15) is 0 Å². The molecule has 1 aromatic rings. The molecule has 4 heteroatoms. The molecule has 0 bridgehead atoms. The molecule has 1 aromatic carbocycles. The predicted molar refractivity (Wildman–Crippen MR) is 61.4 cm³/mol. The Kier molecular flexibility index (Phi) is 4.46. The van der Waals surface area contributed by atoms with E-state index < -0.39 is 0 Å². The standard InChI is InChI=1S/C12H17NO3/c1-8-5-9(10(6-13)7-14)3-4-11(8)12(15)16-2/h3-5,10,14H,6-7,13H2,1-2H3. The summed E-state index contributed by atoms with van der Waals surface area (Å²) in [6, 6.07) is 5.36. The molecule has 0 aromatic heterocycles. The van der Waals surface area contributed by atoms with E-state index in [0.717, 1.165) is 11.1 Å². The summed E-state index contributed by atoms with van der Waals surface area (Å²) >= 11 is 0. The van der Waals surface area contributed by atoms with Crippen molar-refractivity contribution < 1.29 is 14.6 Å². The largest absolute Gasteiger partial charge is 0.465 e. The maximum absolute atomic E-state index is 11.4. The quantitative estimate of drug-likeness (QED) is 0.741. The molecule has 0 saturated heterocycles. The van der Waals surface area contributed by atoms with Crippen LogP contribution >= 0.6 is 0 Å². The van der Waals surface area contributed by atoms with Crippen LogP contribution in [0.3, 0.4) is 0 Å². The van der Waals surface area contributed by atoms with Gasteiger partial charge in [-0.15, -0.1) is 0 Å². The van der Waals surface area contributed by atoms with Crippen molar-refractivity contribution in [2.45, 2.75) is 12.8 Å². The molecule has 0 amide bonds. The highest BCUT2D eigenvalue weighted by Crippen LogP contribution is 2.18. The summed E-state index contributed by atoms with van der Waals surface area (Å²) < 4.78 is 4.66. The van der Waals surface area contributed by atoms with Crippen LogP contribution in [0.25, 0.3) is 0 Å².